The number of aromatic carboxylic acids is 1. The van der Waals surface area contributed by atoms with Crippen LogP contribution in [0.15, 0.2) is 48.8 Å². The summed E-state index contributed by atoms with van der Waals surface area (Å²) >= 11 is 6.03. The average Bonchev–Trinajstić information content (AvgIpc) is 3.38. The summed E-state index contributed by atoms with van der Waals surface area (Å²) in [4.78, 5) is 24.6. The van der Waals surface area contributed by atoms with Gasteiger partial charge in [-0.1, -0.05) is 23.7 Å². The number of rotatable bonds is 6. The van der Waals surface area contributed by atoms with Gasteiger partial charge < -0.3 is 10.4 Å². The van der Waals surface area contributed by atoms with E-state index in [1.165, 1.54) is 12.3 Å². The number of nitrogens with one attached hydrogen (secondary N) is 1. The molecule has 2 fully saturated rings. The second kappa shape index (κ2) is 8.06. The maximum Gasteiger partial charge on any atom is 0.336 e. The number of amides is 1. The summed E-state index contributed by atoms with van der Waals surface area (Å²) in [6.45, 7) is 0. The normalized spacial score (nSPS) is 19.9. The molecule has 2 aromatic carbocycles. The van der Waals surface area contributed by atoms with E-state index >= 15 is 4.39 Å². The van der Waals surface area contributed by atoms with Crippen molar-refractivity contribution in [2.24, 2.45) is 5.92 Å². The predicted molar refractivity (Wildman–Crippen MR) is 118 cm³/mol. The van der Waals surface area contributed by atoms with Gasteiger partial charge in [-0.2, -0.15) is 5.10 Å². The highest BCUT2D eigenvalue weighted by molar-refractivity contribution is 6.30. The largest absolute Gasteiger partial charge is 0.478 e. The van der Waals surface area contributed by atoms with Gasteiger partial charge in [0.25, 0.3) is 0 Å². The third-order valence-corrected chi connectivity index (χ3v) is 6.57. The number of carboxylic acids is 1. The summed E-state index contributed by atoms with van der Waals surface area (Å²) in [5.74, 6) is -2.46. The Morgan fingerprint density at radius 2 is 2.03 bits per heavy atom. The molecule has 32 heavy (non-hydrogen) atoms. The van der Waals surface area contributed by atoms with E-state index in [1.54, 1.807) is 16.9 Å². The summed E-state index contributed by atoms with van der Waals surface area (Å²) < 4.78 is 16.8. The molecule has 2 N–H and O–H groups in total. The van der Waals surface area contributed by atoms with E-state index in [-0.39, 0.29) is 40.6 Å². The molecule has 164 valence electrons. The van der Waals surface area contributed by atoms with E-state index in [1.807, 2.05) is 18.2 Å². The van der Waals surface area contributed by atoms with E-state index in [0.717, 1.165) is 30.9 Å². The Bertz CT molecular complexity index is 1220. The lowest BCUT2D eigenvalue weighted by molar-refractivity contribution is -0.117. The van der Waals surface area contributed by atoms with Crippen LogP contribution in [0.5, 0.6) is 0 Å². The number of benzene rings is 2. The molecule has 0 saturated heterocycles. The zero-order valence-electron chi connectivity index (χ0n) is 17.1. The first kappa shape index (κ1) is 20.7. The second-order valence-corrected chi connectivity index (χ2v) is 8.91. The standard InChI is InChI=1S/C24H21ClFN3O3/c25-15-4-1-3-13(7-15)18-10-19(18)23(30)28-16-8-20(24(31)32)22(21(26)9-16)14-11-27-29(12-14)17-5-2-6-17/h1,3-4,7-9,11-12,17-19H,2,5-6,10H2,(H,28,30)(H,31,32). The van der Waals surface area contributed by atoms with E-state index in [4.69, 9.17) is 11.6 Å². The zero-order chi connectivity index (χ0) is 22.4. The molecule has 0 bridgehead atoms. The van der Waals surface area contributed by atoms with Crippen LogP contribution < -0.4 is 5.32 Å². The highest BCUT2D eigenvalue weighted by Crippen LogP contribution is 2.48. The van der Waals surface area contributed by atoms with Crippen LogP contribution in [-0.4, -0.2) is 26.8 Å². The number of carbonyl (C=O) groups is 2. The van der Waals surface area contributed by atoms with Crippen LogP contribution in [-0.2, 0) is 4.79 Å². The van der Waals surface area contributed by atoms with Crippen LogP contribution in [0.4, 0.5) is 10.1 Å². The quantitative estimate of drug-likeness (QED) is 0.515. The van der Waals surface area contributed by atoms with Crippen molar-refractivity contribution in [2.75, 3.05) is 5.32 Å². The highest BCUT2D eigenvalue weighted by Gasteiger charge is 2.44. The maximum atomic E-state index is 15.0. The molecule has 0 radical (unpaired) electrons. The van der Waals surface area contributed by atoms with Crippen LogP contribution in [0.2, 0.25) is 5.02 Å². The lowest BCUT2D eigenvalue weighted by Gasteiger charge is -2.25. The molecule has 0 spiro atoms. The fraction of sp³-hybridized carbons (Fsp3) is 0.292. The fourth-order valence-corrected chi connectivity index (χ4v) is 4.48. The second-order valence-electron chi connectivity index (χ2n) is 8.47. The molecule has 2 saturated carbocycles. The molecule has 1 aromatic heterocycles. The van der Waals surface area contributed by atoms with Gasteiger partial charge in [-0.15, -0.1) is 0 Å². The summed E-state index contributed by atoms with van der Waals surface area (Å²) in [7, 11) is 0. The average molecular weight is 454 g/mol. The fourth-order valence-electron chi connectivity index (χ4n) is 4.28. The number of carboxylic acid groups (broad SMARTS) is 1. The van der Waals surface area contributed by atoms with Crippen molar-refractivity contribution < 1.29 is 19.1 Å². The third kappa shape index (κ3) is 3.88. The van der Waals surface area contributed by atoms with Gasteiger partial charge in [0.2, 0.25) is 5.91 Å². The van der Waals surface area contributed by atoms with Crippen molar-refractivity contribution in [3.05, 3.63) is 70.8 Å². The molecular weight excluding hydrogens is 433 g/mol. The van der Waals surface area contributed by atoms with Crippen molar-refractivity contribution in [3.63, 3.8) is 0 Å². The number of carbonyl (C=O) groups excluding carboxylic acids is 1. The van der Waals surface area contributed by atoms with Gasteiger partial charge in [0.15, 0.2) is 0 Å². The Kier molecular flexibility index (Phi) is 5.21. The van der Waals surface area contributed by atoms with Crippen LogP contribution in [0.1, 0.15) is 53.6 Å². The van der Waals surface area contributed by atoms with Crippen molar-refractivity contribution in [1.29, 1.82) is 0 Å². The van der Waals surface area contributed by atoms with Gasteiger partial charge in [-0.25, -0.2) is 9.18 Å². The van der Waals surface area contributed by atoms with Crippen molar-refractivity contribution in [3.8, 4) is 11.1 Å². The van der Waals surface area contributed by atoms with Gasteiger partial charge in [-0.3, -0.25) is 9.48 Å². The topological polar surface area (TPSA) is 84.2 Å². The number of anilines is 1. The lowest BCUT2D eigenvalue weighted by Crippen LogP contribution is -2.17. The molecule has 1 amide bonds. The molecule has 2 aliphatic carbocycles. The Balaban J connectivity index is 1.37. The first-order valence-corrected chi connectivity index (χ1v) is 11.0. The summed E-state index contributed by atoms with van der Waals surface area (Å²) in [6, 6.07) is 10.1. The molecule has 2 aliphatic rings. The minimum atomic E-state index is -1.27. The molecule has 2 unspecified atom stereocenters. The summed E-state index contributed by atoms with van der Waals surface area (Å²) in [5, 5.41) is 17.3. The molecule has 3 aromatic rings. The third-order valence-electron chi connectivity index (χ3n) is 6.33. The van der Waals surface area contributed by atoms with Gasteiger partial charge in [0.05, 0.1) is 17.8 Å². The number of hydrogen-bond donors (Lipinski definition) is 2. The number of nitrogens with zero attached hydrogens (tertiary/aromatic N) is 2. The van der Waals surface area contributed by atoms with Crippen LogP contribution in [0.25, 0.3) is 11.1 Å². The van der Waals surface area contributed by atoms with Crippen molar-refractivity contribution in [2.45, 2.75) is 37.6 Å². The SMILES string of the molecule is O=C(O)c1cc(NC(=O)C2CC2c2cccc(Cl)c2)cc(F)c1-c1cnn(C2CCC2)c1. The molecule has 0 aliphatic heterocycles. The van der Waals surface area contributed by atoms with Crippen LogP contribution in [0.3, 0.4) is 0 Å². The summed E-state index contributed by atoms with van der Waals surface area (Å²) in [5.41, 5.74) is 1.28. The van der Waals surface area contributed by atoms with Crippen LogP contribution in [0, 0.1) is 11.7 Å². The van der Waals surface area contributed by atoms with Crippen molar-refractivity contribution in [1.82, 2.24) is 9.78 Å². The maximum absolute atomic E-state index is 15.0. The first-order chi connectivity index (χ1) is 15.4. The Morgan fingerprint density at radius 3 is 2.72 bits per heavy atom. The predicted octanol–water partition coefficient (Wildman–Crippen LogP) is 5.51. The van der Waals surface area contributed by atoms with Gasteiger partial charge >= 0.3 is 5.97 Å². The van der Waals surface area contributed by atoms with Crippen molar-refractivity contribution >= 4 is 29.2 Å². The smallest absolute Gasteiger partial charge is 0.336 e. The first-order valence-electron chi connectivity index (χ1n) is 10.6. The minimum absolute atomic E-state index is 0.0238. The Labute approximate surface area is 189 Å². The minimum Gasteiger partial charge on any atom is -0.478 e. The number of aromatic nitrogens is 2. The van der Waals surface area contributed by atoms with E-state index in [9.17, 15) is 14.7 Å². The van der Waals surface area contributed by atoms with E-state index < -0.39 is 11.8 Å². The highest BCUT2D eigenvalue weighted by atomic mass is 35.5. The van der Waals surface area contributed by atoms with Gasteiger partial charge in [-0.05, 0) is 61.4 Å². The Hall–Kier alpha value is -3.19. The van der Waals surface area contributed by atoms with E-state index in [2.05, 4.69) is 10.4 Å². The molecule has 2 atom stereocenters. The van der Waals surface area contributed by atoms with Gasteiger partial charge in [0.1, 0.15) is 5.82 Å². The van der Waals surface area contributed by atoms with Crippen LogP contribution >= 0.6 is 11.6 Å². The molecular formula is C24H21ClFN3O3. The molecule has 1 heterocycles. The molecule has 6 nitrogen and oxygen atoms in total. The number of hydrogen-bond acceptors (Lipinski definition) is 3. The van der Waals surface area contributed by atoms with E-state index in [0.29, 0.717) is 17.0 Å². The Morgan fingerprint density at radius 1 is 1.22 bits per heavy atom. The zero-order valence-corrected chi connectivity index (χ0v) is 17.8. The molecule has 8 heteroatoms. The summed E-state index contributed by atoms with van der Waals surface area (Å²) in [6.07, 6.45) is 6.99. The monoisotopic (exact) mass is 453 g/mol. The number of halogens is 2. The lowest BCUT2D eigenvalue weighted by atomic mass is 9.93. The molecule has 5 rings (SSSR count). The van der Waals surface area contributed by atoms with Gasteiger partial charge in [0, 0.05) is 34.0 Å².